The lowest BCUT2D eigenvalue weighted by atomic mass is 9.68. The zero-order valence-corrected chi connectivity index (χ0v) is 9.98. The largest absolute Gasteiger partial charge is 0.478 e. The van der Waals surface area contributed by atoms with Gasteiger partial charge in [-0.3, -0.25) is 4.79 Å². The molecule has 0 spiro atoms. The predicted octanol–water partition coefficient (Wildman–Crippen LogP) is 2.68. The molecule has 1 aliphatic carbocycles. The van der Waals surface area contributed by atoms with Gasteiger partial charge in [-0.05, 0) is 25.0 Å². The molecule has 1 aromatic rings. The maximum Gasteiger partial charge on any atom is 0.337 e. The number of aromatic carboxylic acids is 1. The molecule has 94 valence electrons. The molecule has 1 saturated carbocycles. The van der Waals surface area contributed by atoms with Gasteiger partial charge in [-0.2, -0.15) is 0 Å². The minimum absolute atomic E-state index is 0.101. The molecule has 0 aromatic heterocycles. The highest BCUT2D eigenvalue weighted by Gasteiger charge is 2.41. The number of hydrogen-bond acceptors (Lipinski definition) is 2. The van der Waals surface area contributed by atoms with Crippen LogP contribution in [0.1, 0.15) is 29.6 Å². The number of carbonyl (C=O) groups is 2. The van der Waals surface area contributed by atoms with Crippen molar-refractivity contribution in [3.63, 3.8) is 0 Å². The Morgan fingerprint density at radius 2 is 2.00 bits per heavy atom. The van der Waals surface area contributed by atoms with Crippen molar-refractivity contribution in [1.82, 2.24) is 0 Å². The lowest BCUT2D eigenvalue weighted by molar-refractivity contribution is -0.126. The molecule has 1 fully saturated rings. The lowest BCUT2D eigenvalue weighted by Crippen LogP contribution is -2.40. The first-order chi connectivity index (χ1) is 8.59. The number of para-hydroxylation sites is 1. The van der Waals surface area contributed by atoms with Crippen molar-refractivity contribution in [2.24, 2.45) is 5.41 Å². The van der Waals surface area contributed by atoms with Gasteiger partial charge in [0, 0.05) is 0 Å². The normalized spacial score (nSPS) is 16.4. The van der Waals surface area contributed by atoms with Gasteiger partial charge in [0.05, 0.1) is 16.7 Å². The summed E-state index contributed by atoms with van der Waals surface area (Å²) in [6, 6.07) is 6.39. The number of carboxylic acids is 1. The van der Waals surface area contributed by atoms with Crippen LogP contribution in [-0.2, 0) is 4.79 Å². The summed E-state index contributed by atoms with van der Waals surface area (Å²) in [5.74, 6) is -1.22. The fourth-order valence-corrected chi connectivity index (χ4v) is 2.11. The Morgan fingerprint density at radius 3 is 2.50 bits per heavy atom. The van der Waals surface area contributed by atoms with Crippen LogP contribution >= 0.6 is 0 Å². The standard InChI is InChI=1S/C14H15NO3/c1-2-14(8-5-9-14)13(18)15-11-7-4-3-6-10(11)12(16)17/h2-4,6-7H,1,5,8-9H2,(H,15,18)(H,16,17). The van der Waals surface area contributed by atoms with Gasteiger partial charge in [-0.25, -0.2) is 4.79 Å². The van der Waals surface area contributed by atoms with E-state index in [0.717, 1.165) is 19.3 Å². The van der Waals surface area contributed by atoms with E-state index in [1.54, 1.807) is 24.3 Å². The zero-order chi connectivity index (χ0) is 13.2. The predicted molar refractivity (Wildman–Crippen MR) is 68.5 cm³/mol. The van der Waals surface area contributed by atoms with Crippen LogP contribution in [-0.4, -0.2) is 17.0 Å². The van der Waals surface area contributed by atoms with Crippen LogP contribution in [0.15, 0.2) is 36.9 Å². The second kappa shape index (κ2) is 4.64. The number of carbonyl (C=O) groups excluding carboxylic acids is 1. The molecule has 2 N–H and O–H groups in total. The maximum atomic E-state index is 12.1. The Kier molecular flexibility index (Phi) is 3.19. The summed E-state index contributed by atoms with van der Waals surface area (Å²) < 4.78 is 0. The van der Waals surface area contributed by atoms with E-state index in [0.29, 0.717) is 5.69 Å². The van der Waals surface area contributed by atoms with Crippen LogP contribution in [0.3, 0.4) is 0 Å². The van der Waals surface area contributed by atoms with Crippen molar-refractivity contribution >= 4 is 17.6 Å². The smallest absolute Gasteiger partial charge is 0.337 e. The minimum atomic E-state index is -1.05. The SMILES string of the molecule is C=CC1(C(=O)Nc2ccccc2C(=O)O)CCC1. The third kappa shape index (κ3) is 2.01. The van der Waals surface area contributed by atoms with Crippen LogP contribution in [0.2, 0.25) is 0 Å². The van der Waals surface area contributed by atoms with Gasteiger partial charge in [0.2, 0.25) is 5.91 Å². The minimum Gasteiger partial charge on any atom is -0.478 e. The van der Waals surface area contributed by atoms with Gasteiger partial charge >= 0.3 is 5.97 Å². The molecule has 0 aliphatic heterocycles. The lowest BCUT2D eigenvalue weighted by Gasteiger charge is -2.37. The van der Waals surface area contributed by atoms with Crippen molar-refractivity contribution < 1.29 is 14.7 Å². The van der Waals surface area contributed by atoms with Crippen molar-refractivity contribution in [3.05, 3.63) is 42.5 Å². The number of carboxylic acid groups (broad SMARTS) is 1. The highest BCUT2D eigenvalue weighted by Crippen LogP contribution is 2.42. The van der Waals surface area contributed by atoms with E-state index in [1.807, 2.05) is 0 Å². The Balaban J connectivity index is 2.22. The van der Waals surface area contributed by atoms with E-state index in [1.165, 1.54) is 6.07 Å². The highest BCUT2D eigenvalue weighted by molar-refractivity contribution is 6.03. The summed E-state index contributed by atoms with van der Waals surface area (Å²) in [5.41, 5.74) is -0.0847. The summed E-state index contributed by atoms with van der Waals surface area (Å²) in [7, 11) is 0. The van der Waals surface area contributed by atoms with Crippen molar-refractivity contribution in [3.8, 4) is 0 Å². The van der Waals surface area contributed by atoms with Gasteiger partial charge in [0.15, 0.2) is 0 Å². The van der Waals surface area contributed by atoms with Gasteiger partial charge in [-0.1, -0.05) is 24.6 Å². The third-order valence-corrected chi connectivity index (χ3v) is 3.49. The molecule has 0 radical (unpaired) electrons. The second-order valence-corrected chi connectivity index (χ2v) is 4.52. The van der Waals surface area contributed by atoms with E-state index < -0.39 is 11.4 Å². The van der Waals surface area contributed by atoms with Gasteiger partial charge in [0.1, 0.15) is 0 Å². The molecule has 0 bridgehead atoms. The molecule has 4 heteroatoms. The molecule has 0 atom stereocenters. The Hall–Kier alpha value is -2.10. The van der Waals surface area contributed by atoms with Crippen molar-refractivity contribution in [1.29, 1.82) is 0 Å². The molecule has 1 aromatic carbocycles. The molecule has 1 aliphatic rings. The molecular formula is C14H15NO3. The molecular weight excluding hydrogens is 230 g/mol. The number of amides is 1. The summed E-state index contributed by atoms with van der Waals surface area (Å²) in [6.45, 7) is 3.70. The van der Waals surface area contributed by atoms with Crippen LogP contribution in [0, 0.1) is 5.41 Å². The van der Waals surface area contributed by atoms with Gasteiger partial charge in [0.25, 0.3) is 0 Å². The van der Waals surface area contributed by atoms with Gasteiger partial charge < -0.3 is 10.4 Å². The number of rotatable bonds is 4. The van der Waals surface area contributed by atoms with E-state index in [9.17, 15) is 9.59 Å². The van der Waals surface area contributed by atoms with Crippen LogP contribution in [0.4, 0.5) is 5.69 Å². The molecule has 18 heavy (non-hydrogen) atoms. The molecule has 4 nitrogen and oxygen atoms in total. The molecule has 1 amide bonds. The average Bonchev–Trinajstić information content (AvgIpc) is 2.28. The molecule has 2 rings (SSSR count). The number of nitrogens with one attached hydrogen (secondary N) is 1. The van der Waals surface area contributed by atoms with E-state index in [2.05, 4.69) is 11.9 Å². The first kappa shape index (κ1) is 12.4. The van der Waals surface area contributed by atoms with Crippen LogP contribution in [0.25, 0.3) is 0 Å². The summed E-state index contributed by atoms with van der Waals surface area (Å²) >= 11 is 0. The summed E-state index contributed by atoms with van der Waals surface area (Å²) in [6.07, 6.45) is 4.21. The number of benzene rings is 1. The Labute approximate surface area is 105 Å². The summed E-state index contributed by atoms with van der Waals surface area (Å²) in [4.78, 5) is 23.2. The first-order valence-corrected chi connectivity index (χ1v) is 5.86. The number of anilines is 1. The van der Waals surface area contributed by atoms with Gasteiger partial charge in [-0.15, -0.1) is 6.58 Å². The van der Waals surface area contributed by atoms with Crippen molar-refractivity contribution in [2.45, 2.75) is 19.3 Å². The summed E-state index contributed by atoms with van der Waals surface area (Å²) in [5, 5.41) is 11.7. The quantitative estimate of drug-likeness (QED) is 0.801. The fraction of sp³-hybridized carbons (Fsp3) is 0.286. The zero-order valence-electron chi connectivity index (χ0n) is 9.98. The first-order valence-electron chi connectivity index (χ1n) is 5.86. The van der Waals surface area contributed by atoms with Crippen LogP contribution in [0.5, 0.6) is 0 Å². The van der Waals surface area contributed by atoms with E-state index in [-0.39, 0.29) is 11.5 Å². The third-order valence-electron chi connectivity index (χ3n) is 3.49. The molecule has 0 heterocycles. The topological polar surface area (TPSA) is 66.4 Å². The maximum absolute atomic E-state index is 12.1. The van der Waals surface area contributed by atoms with Crippen LogP contribution < -0.4 is 5.32 Å². The second-order valence-electron chi connectivity index (χ2n) is 4.52. The Bertz CT molecular complexity index is 504. The fourth-order valence-electron chi connectivity index (χ4n) is 2.11. The highest BCUT2D eigenvalue weighted by atomic mass is 16.4. The molecule has 0 saturated heterocycles. The van der Waals surface area contributed by atoms with Crippen molar-refractivity contribution in [2.75, 3.05) is 5.32 Å². The monoisotopic (exact) mass is 245 g/mol. The average molecular weight is 245 g/mol. The van der Waals surface area contributed by atoms with E-state index >= 15 is 0 Å². The number of hydrogen-bond donors (Lipinski definition) is 2. The Morgan fingerprint density at radius 1 is 1.33 bits per heavy atom. The molecule has 0 unspecified atom stereocenters. The van der Waals surface area contributed by atoms with E-state index in [4.69, 9.17) is 5.11 Å².